The number of para-hydroxylation sites is 1. The number of carbonyl (C=O) groups excluding carboxylic acids is 1. The predicted octanol–water partition coefficient (Wildman–Crippen LogP) is 1.86. The Kier molecular flexibility index (Phi) is 4.62. The van der Waals surface area contributed by atoms with Gasteiger partial charge in [0.1, 0.15) is 5.82 Å². The zero-order valence-electron chi connectivity index (χ0n) is 13.1. The van der Waals surface area contributed by atoms with E-state index in [2.05, 4.69) is 12.2 Å². The second-order valence-electron chi connectivity index (χ2n) is 6.26. The number of nitrogens with one attached hydrogen (secondary N) is 1. The van der Waals surface area contributed by atoms with E-state index < -0.39 is 0 Å². The molecule has 1 aromatic rings. The molecule has 2 aliphatic rings. The fraction of sp³-hybridized carbons (Fsp3) is 0.588. The molecule has 0 radical (unpaired) electrons. The van der Waals surface area contributed by atoms with Crippen LogP contribution in [0.1, 0.15) is 19.8 Å². The van der Waals surface area contributed by atoms with Crippen LogP contribution in [0.15, 0.2) is 24.3 Å². The Labute approximate surface area is 131 Å². The van der Waals surface area contributed by atoms with Gasteiger partial charge in [0.25, 0.3) is 0 Å². The van der Waals surface area contributed by atoms with E-state index in [1.807, 2.05) is 15.9 Å². The lowest BCUT2D eigenvalue weighted by atomic mass is 9.90. The summed E-state index contributed by atoms with van der Waals surface area (Å²) in [6.45, 7) is 5.85. The molecule has 2 saturated heterocycles. The van der Waals surface area contributed by atoms with Crippen molar-refractivity contribution in [3.63, 3.8) is 0 Å². The first kappa shape index (κ1) is 15.3. The summed E-state index contributed by atoms with van der Waals surface area (Å²) >= 11 is 0. The highest BCUT2D eigenvalue weighted by Gasteiger charge is 2.32. The van der Waals surface area contributed by atoms with Crippen LogP contribution in [0.2, 0.25) is 0 Å². The van der Waals surface area contributed by atoms with Crippen LogP contribution >= 0.6 is 0 Å². The van der Waals surface area contributed by atoms with Crippen molar-refractivity contribution in [3.05, 3.63) is 30.1 Å². The molecule has 2 unspecified atom stereocenters. The van der Waals surface area contributed by atoms with E-state index in [0.717, 1.165) is 19.4 Å². The maximum atomic E-state index is 13.8. The molecule has 0 aromatic heterocycles. The van der Waals surface area contributed by atoms with Crippen LogP contribution in [0.5, 0.6) is 0 Å². The Balaban J connectivity index is 1.59. The lowest BCUT2D eigenvalue weighted by Crippen LogP contribution is -2.54. The van der Waals surface area contributed by atoms with Gasteiger partial charge in [-0.25, -0.2) is 4.39 Å². The number of amides is 1. The average Bonchev–Trinajstić information content (AvgIpc) is 2.55. The normalized spacial score (nSPS) is 26.1. The number of rotatable bonds is 2. The van der Waals surface area contributed by atoms with Crippen molar-refractivity contribution < 1.29 is 9.18 Å². The second kappa shape index (κ2) is 6.65. The maximum absolute atomic E-state index is 13.8. The first-order chi connectivity index (χ1) is 10.7. The van der Waals surface area contributed by atoms with E-state index in [9.17, 15) is 9.18 Å². The molecule has 1 N–H and O–H groups in total. The van der Waals surface area contributed by atoms with Crippen molar-refractivity contribution in [3.8, 4) is 0 Å². The molecular formula is C17H24FN3O. The minimum atomic E-state index is -0.188. The molecule has 1 amide bonds. The summed E-state index contributed by atoms with van der Waals surface area (Å²) in [6.07, 6.45) is 2.04. The largest absolute Gasteiger partial charge is 0.366 e. The van der Waals surface area contributed by atoms with Gasteiger partial charge in [0.05, 0.1) is 11.6 Å². The van der Waals surface area contributed by atoms with E-state index in [1.54, 1.807) is 12.1 Å². The van der Waals surface area contributed by atoms with Crippen molar-refractivity contribution in [1.29, 1.82) is 0 Å². The van der Waals surface area contributed by atoms with Gasteiger partial charge >= 0.3 is 0 Å². The average molecular weight is 305 g/mol. The molecule has 0 bridgehead atoms. The predicted molar refractivity (Wildman–Crippen MR) is 85.4 cm³/mol. The summed E-state index contributed by atoms with van der Waals surface area (Å²) in [7, 11) is 0. The maximum Gasteiger partial charge on any atom is 0.227 e. The molecule has 2 atom stereocenters. The van der Waals surface area contributed by atoms with Crippen LogP contribution in [-0.2, 0) is 4.79 Å². The van der Waals surface area contributed by atoms with Gasteiger partial charge in [-0.2, -0.15) is 0 Å². The third-order valence-electron chi connectivity index (χ3n) is 4.86. The van der Waals surface area contributed by atoms with Gasteiger partial charge in [-0.05, 0) is 38.4 Å². The summed E-state index contributed by atoms with van der Waals surface area (Å²) in [5, 5.41) is 3.39. The Bertz CT molecular complexity index is 528. The third-order valence-corrected chi connectivity index (χ3v) is 4.86. The smallest absolute Gasteiger partial charge is 0.227 e. The lowest BCUT2D eigenvalue weighted by Gasteiger charge is -2.39. The number of halogens is 1. The van der Waals surface area contributed by atoms with Crippen LogP contribution in [0.25, 0.3) is 0 Å². The number of piperidine rings is 1. The quantitative estimate of drug-likeness (QED) is 0.906. The highest BCUT2D eigenvalue weighted by molar-refractivity contribution is 5.80. The molecule has 0 saturated carbocycles. The summed E-state index contributed by atoms with van der Waals surface area (Å²) in [4.78, 5) is 16.6. The number of hydrogen-bond donors (Lipinski definition) is 1. The van der Waals surface area contributed by atoms with Crippen LogP contribution in [0.3, 0.4) is 0 Å². The Hall–Kier alpha value is -1.62. The number of carbonyl (C=O) groups is 1. The van der Waals surface area contributed by atoms with Gasteiger partial charge in [0.15, 0.2) is 0 Å². The highest BCUT2D eigenvalue weighted by atomic mass is 19.1. The molecule has 3 rings (SSSR count). The Morgan fingerprint density at radius 1 is 1.23 bits per heavy atom. The fourth-order valence-electron chi connectivity index (χ4n) is 3.49. The van der Waals surface area contributed by atoms with Crippen molar-refractivity contribution in [2.75, 3.05) is 37.6 Å². The summed E-state index contributed by atoms with van der Waals surface area (Å²) in [5.74, 6) is 0.161. The lowest BCUT2D eigenvalue weighted by molar-refractivity contribution is -0.137. The first-order valence-corrected chi connectivity index (χ1v) is 8.18. The second-order valence-corrected chi connectivity index (χ2v) is 6.26. The van der Waals surface area contributed by atoms with Gasteiger partial charge < -0.3 is 15.1 Å². The van der Waals surface area contributed by atoms with E-state index in [4.69, 9.17) is 0 Å². The van der Waals surface area contributed by atoms with Crippen LogP contribution in [-0.4, -0.2) is 49.6 Å². The summed E-state index contributed by atoms with van der Waals surface area (Å²) < 4.78 is 13.8. The molecule has 4 nitrogen and oxygen atoms in total. The van der Waals surface area contributed by atoms with Crippen LogP contribution in [0, 0.1) is 11.7 Å². The van der Waals surface area contributed by atoms with E-state index in [1.165, 1.54) is 6.07 Å². The molecule has 2 heterocycles. The molecular weight excluding hydrogens is 281 g/mol. The van der Waals surface area contributed by atoms with E-state index in [-0.39, 0.29) is 23.7 Å². The number of anilines is 1. The Morgan fingerprint density at radius 3 is 2.64 bits per heavy atom. The van der Waals surface area contributed by atoms with Gasteiger partial charge in [0, 0.05) is 32.2 Å². The zero-order chi connectivity index (χ0) is 15.5. The standard InChI is InChI=1S/C17H24FN3O/c1-13-14(5-4-8-19-13)17(22)21-11-9-20(10-12-21)16-7-3-2-6-15(16)18/h2-3,6-7,13-14,19H,4-5,8-12H2,1H3. The molecule has 22 heavy (non-hydrogen) atoms. The van der Waals surface area contributed by atoms with E-state index in [0.29, 0.717) is 31.9 Å². The number of nitrogens with zero attached hydrogens (tertiary/aromatic N) is 2. The van der Waals surface area contributed by atoms with Gasteiger partial charge in [-0.3, -0.25) is 4.79 Å². The Morgan fingerprint density at radius 2 is 1.95 bits per heavy atom. The fourth-order valence-corrected chi connectivity index (χ4v) is 3.49. The summed E-state index contributed by atoms with van der Waals surface area (Å²) in [5.41, 5.74) is 0.641. The van der Waals surface area contributed by atoms with Crippen molar-refractivity contribution in [2.45, 2.75) is 25.8 Å². The monoisotopic (exact) mass is 305 g/mol. The minimum Gasteiger partial charge on any atom is -0.366 e. The number of piperazine rings is 1. The molecule has 0 aliphatic carbocycles. The topological polar surface area (TPSA) is 35.6 Å². The third kappa shape index (κ3) is 3.09. The van der Waals surface area contributed by atoms with Gasteiger partial charge in [-0.1, -0.05) is 12.1 Å². The zero-order valence-corrected chi connectivity index (χ0v) is 13.1. The molecule has 120 valence electrons. The minimum absolute atomic E-state index is 0.0914. The molecule has 1 aromatic carbocycles. The van der Waals surface area contributed by atoms with Crippen molar-refractivity contribution in [1.82, 2.24) is 10.2 Å². The number of hydrogen-bond acceptors (Lipinski definition) is 3. The molecule has 0 spiro atoms. The SMILES string of the molecule is CC1NCCCC1C(=O)N1CCN(c2ccccc2F)CC1. The van der Waals surface area contributed by atoms with Crippen molar-refractivity contribution in [2.24, 2.45) is 5.92 Å². The summed E-state index contributed by atoms with van der Waals surface area (Å²) in [6, 6.07) is 7.11. The number of benzene rings is 1. The molecule has 2 aliphatic heterocycles. The van der Waals surface area contributed by atoms with E-state index >= 15 is 0 Å². The van der Waals surface area contributed by atoms with Crippen LogP contribution < -0.4 is 10.2 Å². The van der Waals surface area contributed by atoms with Crippen molar-refractivity contribution >= 4 is 11.6 Å². The highest BCUT2D eigenvalue weighted by Crippen LogP contribution is 2.23. The first-order valence-electron chi connectivity index (χ1n) is 8.18. The molecule has 2 fully saturated rings. The van der Waals surface area contributed by atoms with Crippen LogP contribution in [0.4, 0.5) is 10.1 Å². The van der Waals surface area contributed by atoms with Gasteiger partial charge in [-0.15, -0.1) is 0 Å². The molecule has 5 heteroatoms. The van der Waals surface area contributed by atoms with Gasteiger partial charge in [0.2, 0.25) is 5.91 Å².